The van der Waals surface area contributed by atoms with Crippen LogP contribution in [0, 0.1) is 0 Å². The van der Waals surface area contributed by atoms with Gasteiger partial charge in [0.1, 0.15) is 17.5 Å². The third-order valence-corrected chi connectivity index (χ3v) is 4.57. The van der Waals surface area contributed by atoms with Gasteiger partial charge in [0.2, 0.25) is 0 Å². The van der Waals surface area contributed by atoms with Gasteiger partial charge in [0.05, 0.1) is 24.7 Å². The molecule has 0 saturated heterocycles. The zero-order valence-corrected chi connectivity index (χ0v) is 14.5. The van der Waals surface area contributed by atoms with Crippen LogP contribution < -0.4 is 14.2 Å². The number of fused-ring (bicyclic) bond motifs is 3. The van der Waals surface area contributed by atoms with Crippen LogP contribution in [0.1, 0.15) is 47.9 Å². The first-order chi connectivity index (χ1) is 12.0. The molecule has 25 heavy (non-hydrogen) atoms. The van der Waals surface area contributed by atoms with Crippen molar-refractivity contribution >= 4 is 11.9 Å². The third kappa shape index (κ3) is 2.68. The van der Waals surface area contributed by atoms with Crippen molar-refractivity contribution in [2.24, 2.45) is 0 Å². The minimum Gasteiger partial charge on any atom is -0.493 e. The molecule has 0 bridgehead atoms. The molecule has 4 rings (SSSR count). The predicted molar refractivity (Wildman–Crippen MR) is 95.5 cm³/mol. The number of Topliss-reactive ketones (excluding diaryl/α,β-unsaturated/α-hetero) is 1. The first-order valence-corrected chi connectivity index (χ1v) is 8.36. The molecule has 2 aromatic carbocycles. The molecule has 0 fully saturated rings. The highest BCUT2D eigenvalue weighted by Crippen LogP contribution is 2.49. The molecule has 0 aliphatic carbocycles. The molecule has 4 nitrogen and oxygen atoms in total. The molecular weight excluding hydrogens is 316 g/mol. The van der Waals surface area contributed by atoms with E-state index in [0.717, 1.165) is 11.1 Å². The Bertz CT molecular complexity index is 865. The van der Waals surface area contributed by atoms with Gasteiger partial charge in [-0.1, -0.05) is 30.3 Å². The highest BCUT2D eigenvalue weighted by molar-refractivity contribution is 6.02. The number of hydrogen-bond acceptors (Lipinski definition) is 4. The van der Waals surface area contributed by atoms with Crippen molar-refractivity contribution in [3.63, 3.8) is 0 Å². The molecule has 2 heterocycles. The van der Waals surface area contributed by atoms with Gasteiger partial charge in [-0.2, -0.15) is 0 Å². The van der Waals surface area contributed by atoms with Gasteiger partial charge >= 0.3 is 0 Å². The number of rotatable bonds is 2. The topological polar surface area (TPSA) is 44.8 Å². The van der Waals surface area contributed by atoms with Gasteiger partial charge < -0.3 is 14.2 Å². The van der Waals surface area contributed by atoms with Gasteiger partial charge in [0.25, 0.3) is 0 Å². The van der Waals surface area contributed by atoms with Crippen LogP contribution in [-0.4, -0.2) is 18.5 Å². The minimum absolute atomic E-state index is 0.0504. The zero-order valence-electron chi connectivity index (χ0n) is 14.5. The summed E-state index contributed by atoms with van der Waals surface area (Å²) in [4.78, 5) is 12.8. The van der Waals surface area contributed by atoms with Crippen molar-refractivity contribution in [2.45, 2.75) is 32.0 Å². The molecule has 0 spiro atoms. The van der Waals surface area contributed by atoms with Crippen LogP contribution in [0.4, 0.5) is 0 Å². The van der Waals surface area contributed by atoms with Crippen molar-refractivity contribution in [1.82, 2.24) is 0 Å². The van der Waals surface area contributed by atoms with Crippen LogP contribution in [0.2, 0.25) is 0 Å². The zero-order chi connectivity index (χ0) is 17.6. The summed E-state index contributed by atoms with van der Waals surface area (Å²) in [6.45, 7) is 3.95. The van der Waals surface area contributed by atoms with Gasteiger partial charge in [-0.25, -0.2) is 0 Å². The second kappa shape index (κ2) is 5.66. The summed E-state index contributed by atoms with van der Waals surface area (Å²) in [6.07, 6.45) is 3.95. The van der Waals surface area contributed by atoms with Crippen molar-refractivity contribution in [3.05, 3.63) is 59.2 Å². The van der Waals surface area contributed by atoms with Gasteiger partial charge in [-0.15, -0.1) is 0 Å². The lowest BCUT2D eigenvalue weighted by Crippen LogP contribution is -2.29. The molecular formula is C21H20O4. The van der Waals surface area contributed by atoms with Crippen LogP contribution in [0.5, 0.6) is 17.2 Å². The van der Waals surface area contributed by atoms with Crippen LogP contribution in [-0.2, 0) is 0 Å². The van der Waals surface area contributed by atoms with Crippen molar-refractivity contribution in [1.29, 1.82) is 0 Å². The summed E-state index contributed by atoms with van der Waals surface area (Å²) in [5, 5.41) is 0. The van der Waals surface area contributed by atoms with E-state index in [1.54, 1.807) is 13.2 Å². The molecule has 0 unspecified atom stereocenters. The Morgan fingerprint density at radius 2 is 1.92 bits per heavy atom. The fourth-order valence-corrected chi connectivity index (χ4v) is 3.28. The van der Waals surface area contributed by atoms with Crippen molar-refractivity contribution < 1.29 is 19.0 Å². The highest BCUT2D eigenvalue weighted by Gasteiger charge is 2.35. The fourth-order valence-electron chi connectivity index (χ4n) is 3.28. The quantitative estimate of drug-likeness (QED) is 0.805. The largest absolute Gasteiger partial charge is 0.493 e. The van der Waals surface area contributed by atoms with E-state index in [2.05, 4.69) is 0 Å². The van der Waals surface area contributed by atoms with Gasteiger partial charge in [-0.3, -0.25) is 4.79 Å². The first kappa shape index (κ1) is 15.8. The second-order valence-corrected chi connectivity index (χ2v) is 6.88. The molecule has 0 aromatic heterocycles. The first-order valence-electron chi connectivity index (χ1n) is 8.36. The van der Waals surface area contributed by atoms with Crippen LogP contribution in [0.25, 0.3) is 6.08 Å². The molecule has 0 saturated carbocycles. The standard InChI is InChI=1S/C21H20O4/c1-21(2)10-9-14-19-15(11-18(23-3)20(14)25-21)16(22)12-17(24-19)13-7-5-4-6-8-13/h4-11,17H,12H2,1-3H3/t17-/m0/s1. The molecule has 4 heteroatoms. The Labute approximate surface area is 147 Å². The predicted octanol–water partition coefficient (Wildman–Crippen LogP) is 4.59. The van der Waals surface area contributed by atoms with Gasteiger partial charge in [0, 0.05) is 0 Å². The normalized spacial score (nSPS) is 20.1. The lowest BCUT2D eigenvalue weighted by Gasteiger charge is -2.33. The second-order valence-electron chi connectivity index (χ2n) is 6.88. The molecule has 1 atom stereocenters. The Balaban J connectivity index is 1.84. The number of benzene rings is 2. The van der Waals surface area contributed by atoms with Crippen molar-refractivity contribution in [3.8, 4) is 17.2 Å². The minimum atomic E-state index is -0.438. The van der Waals surface area contributed by atoms with E-state index < -0.39 is 5.60 Å². The summed E-state index contributed by atoms with van der Waals surface area (Å²) >= 11 is 0. The maximum atomic E-state index is 12.8. The van der Waals surface area contributed by atoms with Crippen LogP contribution >= 0.6 is 0 Å². The third-order valence-electron chi connectivity index (χ3n) is 4.57. The Hall–Kier alpha value is -2.75. The van der Waals surface area contributed by atoms with Gasteiger partial charge in [-0.05, 0) is 37.6 Å². The van der Waals surface area contributed by atoms with E-state index in [4.69, 9.17) is 14.2 Å². The fraction of sp³-hybridized carbons (Fsp3) is 0.286. The smallest absolute Gasteiger partial charge is 0.173 e. The Morgan fingerprint density at radius 1 is 1.16 bits per heavy atom. The van der Waals surface area contributed by atoms with Crippen LogP contribution in [0.15, 0.2) is 42.5 Å². The summed E-state index contributed by atoms with van der Waals surface area (Å²) in [6, 6.07) is 11.5. The summed E-state index contributed by atoms with van der Waals surface area (Å²) in [5.41, 5.74) is 1.87. The molecule has 0 N–H and O–H groups in total. The van der Waals surface area contributed by atoms with E-state index >= 15 is 0 Å². The SMILES string of the molecule is COc1cc2c(c3c1OC(C)(C)C=C3)O[C@H](c1ccccc1)CC2=O. The summed E-state index contributed by atoms with van der Waals surface area (Å²) in [7, 11) is 1.58. The van der Waals surface area contributed by atoms with Gasteiger partial charge in [0.15, 0.2) is 17.3 Å². The van der Waals surface area contributed by atoms with E-state index in [0.29, 0.717) is 29.2 Å². The average molecular weight is 336 g/mol. The van der Waals surface area contributed by atoms with E-state index in [9.17, 15) is 4.79 Å². The highest BCUT2D eigenvalue weighted by atomic mass is 16.5. The lowest BCUT2D eigenvalue weighted by atomic mass is 9.92. The summed E-state index contributed by atoms with van der Waals surface area (Å²) < 4.78 is 17.8. The number of hydrogen-bond donors (Lipinski definition) is 0. The maximum Gasteiger partial charge on any atom is 0.173 e. The maximum absolute atomic E-state index is 12.8. The number of methoxy groups -OCH3 is 1. The van der Waals surface area contributed by atoms with Crippen molar-refractivity contribution in [2.75, 3.05) is 7.11 Å². The Morgan fingerprint density at radius 3 is 2.64 bits per heavy atom. The number of carbonyl (C=O) groups excluding carboxylic acids is 1. The van der Waals surface area contributed by atoms with E-state index in [1.165, 1.54) is 0 Å². The van der Waals surface area contributed by atoms with Crippen LogP contribution in [0.3, 0.4) is 0 Å². The molecule has 0 radical (unpaired) electrons. The van der Waals surface area contributed by atoms with E-state index in [1.807, 2.05) is 56.3 Å². The lowest BCUT2D eigenvalue weighted by molar-refractivity contribution is 0.0844. The molecule has 2 aliphatic heterocycles. The van der Waals surface area contributed by atoms with E-state index in [-0.39, 0.29) is 11.9 Å². The molecule has 2 aliphatic rings. The monoisotopic (exact) mass is 336 g/mol. The molecule has 128 valence electrons. The number of ether oxygens (including phenoxy) is 3. The molecule has 2 aromatic rings. The molecule has 0 amide bonds. The Kier molecular flexibility index (Phi) is 3.57. The average Bonchev–Trinajstić information content (AvgIpc) is 2.61. The number of ketones is 1. The number of carbonyl (C=O) groups is 1. The summed E-state index contributed by atoms with van der Waals surface area (Å²) in [5.74, 6) is 1.80.